The number of hydrogen-bond donors (Lipinski definition) is 1. The summed E-state index contributed by atoms with van der Waals surface area (Å²) in [5.41, 5.74) is 3.07. The van der Waals surface area contributed by atoms with Crippen LogP contribution in [0.1, 0.15) is 10.4 Å². The number of carbonyl (C=O) groups is 1. The van der Waals surface area contributed by atoms with Gasteiger partial charge in [-0.1, -0.05) is 17.3 Å². The van der Waals surface area contributed by atoms with Crippen molar-refractivity contribution in [3.05, 3.63) is 53.8 Å². The zero-order valence-electron chi connectivity index (χ0n) is 21.0. The number of fused-ring (bicyclic) bond motifs is 1. The zero-order valence-corrected chi connectivity index (χ0v) is 21.0. The second-order valence-electron chi connectivity index (χ2n) is 9.41. The fourth-order valence-corrected chi connectivity index (χ4v) is 4.76. The molecule has 11 heteroatoms. The van der Waals surface area contributed by atoms with E-state index < -0.39 is 5.82 Å². The van der Waals surface area contributed by atoms with Crippen LogP contribution in [-0.4, -0.2) is 96.8 Å². The minimum absolute atomic E-state index is 0.0255. The number of nitrogens with zero attached hydrogens (tertiary/aromatic N) is 4. The van der Waals surface area contributed by atoms with Gasteiger partial charge in [-0.3, -0.25) is 14.8 Å². The molecule has 2 aliphatic rings. The van der Waals surface area contributed by atoms with Gasteiger partial charge < -0.3 is 23.6 Å². The number of amides is 1. The van der Waals surface area contributed by atoms with E-state index in [1.54, 1.807) is 19.2 Å². The van der Waals surface area contributed by atoms with Gasteiger partial charge in [0, 0.05) is 61.9 Å². The number of ether oxygens (including phenoxy) is 3. The lowest BCUT2D eigenvalue weighted by atomic mass is 10.1. The highest BCUT2D eigenvalue weighted by Crippen LogP contribution is 2.33. The van der Waals surface area contributed by atoms with Crippen molar-refractivity contribution >= 4 is 16.8 Å². The number of aromatic nitrogens is 3. The van der Waals surface area contributed by atoms with Crippen LogP contribution in [0.15, 0.2) is 47.0 Å². The van der Waals surface area contributed by atoms with E-state index in [0.29, 0.717) is 59.4 Å². The Bertz CT molecular complexity index is 1420. The molecule has 1 N–H and O–H groups in total. The first-order valence-electron chi connectivity index (χ1n) is 12.6. The summed E-state index contributed by atoms with van der Waals surface area (Å²) in [4.78, 5) is 17.3. The summed E-state index contributed by atoms with van der Waals surface area (Å²) in [5, 5.41) is 11.9. The zero-order chi connectivity index (χ0) is 26.1. The van der Waals surface area contributed by atoms with Crippen molar-refractivity contribution in [1.82, 2.24) is 25.2 Å². The second kappa shape index (κ2) is 10.5. The normalized spacial score (nSPS) is 16.6. The van der Waals surface area contributed by atoms with Crippen molar-refractivity contribution in [2.24, 2.45) is 0 Å². The van der Waals surface area contributed by atoms with E-state index >= 15 is 0 Å². The largest absolute Gasteiger partial charge is 0.488 e. The fraction of sp³-hybridized carbons (Fsp3) is 0.370. The average Bonchev–Trinajstić information content (AvgIpc) is 3.55. The lowest BCUT2D eigenvalue weighted by Gasteiger charge is -2.42. The van der Waals surface area contributed by atoms with E-state index in [9.17, 15) is 9.18 Å². The predicted octanol–water partition coefficient (Wildman–Crippen LogP) is 3.21. The Kier molecular flexibility index (Phi) is 6.79. The molecule has 2 aromatic heterocycles. The topological polar surface area (TPSA) is 106 Å². The third-order valence-corrected chi connectivity index (χ3v) is 7.07. The number of hydrogen-bond acceptors (Lipinski definition) is 8. The molecule has 0 spiro atoms. The minimum Gasteiger partial charge on any atom is -0.488 e. The highest BCUT2D eigenvalue weighted by atomic mass is 19.1. The number of piperazine rings is 1. The molecular weight excluding hydrogens is 493 g/mol. The molecule has 38 heavy (non-hydrogen) atoms. The van der Waals surface area contributed by atoms with Crippen LogP contribution in [0.4, 0.5) is 4.39 Å². The standard InChI is InChI=1S/C27H28FN5O5/c1-35-10-11-37-24-14-23-20(12-21(24)28)26(30-29-23)25-13-22(31-38-25)17-2-4-18(5-3-17)27(34)33-8-6-32(7-9-33)19-15-36-16-19/h2-5,12-14,19H,6-11,15-16H2,1H3,(H,29,30). The Hall–Kier alpha value is -3.80. The molecule has 0 unspecified atom stereocenters. The van der Waals surface area contributed by atoms with Crippen molar-refractivity contribution in [3.63, 3.8) is 0 Å². The summed E-state index contributed by atoms with van der Waals surface area (Å²) >= 11 is 0. The molecule has 0 bridgehead atoms. The SMILES string of the molecule is COCCOc1cc2[nH]nc(-c3cc(-c4ccc(C(=O)N5CCN(C6COC6)CC5)cc4)no3)c2cc1F. The molecule has 2 fully saturated rings. The quantitative estimate of drug-likeness (QED) is 0.353. The van der Waals surface area contributed by atoms with Crippen molar-refractivity contribution in [1.29, 1.82) is 0 Å². The number of carbonyl (C=O) groups excluding carboxylic acids is 1. The maximum Gasteiger partial charge on any atom is 0.253 e. The summed E-state index contributed by atoms with van der Waals surface area (Å²) in [6.07, 6.45) is 0. The third kappa shape index (κ3) is 4.75. The van der Waals surface area contributed by atoms with Crippen LogP contribution in [0.2, 0.25) is 0 Å². The van der Waals surface area contributed by atoms with Gasteiger partial charge in [0.2, 0.25) is 0 Å². The van der Waals surface area contributed by atoms with Crippen LogP contribution in [0.3, 0.4) is 0 Å². The molecular formula is C27H28FN5O5. The van der Waals surface area contributed by atoms with Crippen LogP contribution in [0, 0.1) is 5.82 Å². The summed E-state index contributed by atoms with van der Waals surface area (Å²) in [6, 6.07) is 12.5. The maximum atomic E-state index is 14.6. The van der Waals surface area contributed by atoms with Gasteiger partial charge in [0.1, 0.15) is 18.0 Å². The Morgan fingerprint density at radius 3 is 2.61 bits per heavy atom. The van der Waals surface area contributed by atoms with E-state index in [-0.39, 0.29) is 18.3 Å². The maximum absolute atomic E-state index is 14.6. The highest BCUT2D eigenvalue weighted by Gasteiger charge is 2.30. The molecule has 1 amide bonds. The minimum atomic E-state index is -0.505. The van der Waals surface area contributed by atoms with Gasteiger partial charge in [0.15, 0.2) is 17.3 Å². The Labute approximate surface area is 218 Å². The third-order valence-electron chi connectivity index (χ3n) is 7.07. The number of benzene rings is 2. The van der Waals surface area contributed by atoms with E-state index in [1.807, 2.05) is 29.2 Å². The summed E-state index contributed by atoms with van der Waals surface area (Å²) in [6.45, 7) is 5.33. The number of nitrogens with one attached hydrogen (secondary N) is 1. The molecule has 198 valence electrons. The summed E-state index contributed by atoms with van der Waals surface area (Å²) < 4.78 is 35.8. The lowest BCUT2D eigenvalue weighted by molar-refractivity contribution is -0.0746. The van der Waals surface area contributed by atoms with Gasteiger partial charge in [-0.15, -0.1) is 0 Å². The van der Waals surface area contributed by atoms with Crippen LogP contribution in [0.5, 0.6) is 5.75 Å². The van der Waals surface area contributed by atoms with Crippen molar-refractivity contribution < 1.29 is 27.9 Å². The van der Waals surface area contributed by atoms with Crippen LogP contribution in [-0.2, 0) is 9.47 Å². The number of halogens is 1. The molecule has 2 aromatic carbocycles. The van der Waals surface area contributed by atoms with Crippen molar-refractivity contribution in [2.75, 3.05) is 59.7 Å². The first kappa shape index (κ1) is 24.5. The van der Waals surface area contributed by atoms with Gasteiger partial charge in [0.05, 0.1) is 31.4 Å². The van der Waals surface area contributed by atoms with E-state index in [0.717, 1.165) is 31.9 Å². The molecule has 2 aliphatic heterocycles. The monoisotopic (exact) mass is 521 g/mol. The summed E-state index contributed by atoms with van der Waals surface area (Å²) in [7, 11) is 1.55. The first-order valence-corrected chi connectivity index (χ1v) is 12.6. The van der Waals surface area contributed by atoms with Gasteiger partial charge in [-0.05, 0) is 18.2 Å². The first-order chi connectivity index (χ1) is 18.6. The van der Waals surface area contributed by atoms with Crippen LogP contribution in [0.25, 0.3) is 33.6 Å². The van der Waals surface area contributed by atoms with Gasteiger partial charge >= 0.3 is 0 Å². The summed E-state index contributed by atoms with van der Waals surface area (Å²) in [5.74, 6) is 0.0354. The van der Waals surface area contributed by atoms with E-state index in [2.05, 4.69) is 20.3 Å². The van der Waals surface area contributed by atoms with Crippen molar-refractivity contribution in [3.8, 4) is 28.5 Å². The Morgan fingerprint density at radius 1 is 1.11 bits per heavy atom. The van der Waals surface area contributed by atoms with Gasteiger partial charge in [0.25, 0.3) is 5.91 Å². The predicted molar refractivity (Wildman–Crippen MR) is 136 cm³/mol. The van der Waals surface area contributed by atoms with E-state index in [1.165, 1.54) is 6.07 Å². The molecule has 0 aliphatic carbocycles. The molecule has 4 aromatic rings. The number of methoxy groups -OCH3 is 1. The van der Waals surface area contributed by atoms with Crippen LogP contribution >= 0.6 is 0 Å². The molecule has 0 radical (unpaired) electrons. The molecule has 0 saturated carbocycles. The van der Waals surface area contributed by atoms with Gasteiger partial charge in [-0.25, -0.2) is 4.39 Å². The Balaban J connectivity index is 1.14. The van der Waals surface area contributed by atoms with Crippen molar-refractivity contribution in [2.45, 2.75) is 6.04 Å². The number of aromatic amines is 1. The highest BCUT2D eigenvalue weighted by molar-refractivity contribution is 5.95. The molecule has 2 saturated heterocycles. The average molecular weight is 522 g/mol. The number of rotatable bonds is 8. The Morgan fingerprint density at radius 2 is 1.89 bits per heavy atom. The number of H-pyrrole nitrogens is 1. The lowest BCUT2D eigenvalue weighted by Crippen LogP contribution is -2.57. The molecule has 10 nitrogen and oxygen atoms in total. The molecule has 6 rings (SSSR count). The second-order valence-corrected chi connectivity index (χ2v) is 9.41. The van der Waals surface area contributed by atoms with Crippen LogP contribution < -0.4 is 4.74 Å². The fourth-order valence-electron chi connectivity index (χ4n) is 4.76. The molecule has 0 atom stereocenters. The molecule has 4 heterocycles. The van der Waals surface area contributed by atoms with Gasteiger partial charge in [-0.2, -0.15) is 5.10 Å². The van der Waals surface area contributed by atoms with E-state index in [4.69, 9.17) is 18.7 Å². The smallest absolute Gasteiger partial charge is 0.253 e.